The fourth-order valence-corrected chi connectivity index (χ4v) is 1.74. The smallest absolute Gasteiger partial charge is 0.0813 e. The van der Waals surface area contributed by atoms with Crippen LogP contribution < -0.4 is 0 Å². The molecule has 0 unspecified atom stereocenters. The standard InChI is InChI=1S/C16H10Cl2/c17-15(12-11-13-7-3-1-4-8-13)16(18)14-9-5-2-6-10-14/h1-10H. The molecule has 0 atom stereocenters. The highest BCUT2D eigenvalue weighted by Crippen LogP contribution is 2.24. The SMILES string of the molecule is ClC(C#Cc1ccccc1)=C(Cl)c1ccccc1. The van der Waals surface area contributed by atoms with Crippen LogP contribution in [0.25, 0.3) is 5.03 Å². The first-order valence-corrected chi connectivity index (χ1v) is 6.21. The predicted molar refractivity (Wildman–Crippen MR) is 78.4 cm³/mol. The second-order valence-electron chi connectivity index (χ2n) is 3.61. The van der Waals surface area contributed by atoms with Gasteiger partial charge in [0.15, 0.2) is 0 Å². The monoisotopic (exact) mass is 272 g/mol. The van der Waals surface area contributed by atoms with Gasteiger partial charge in [-0.25, -0.2) is 0 Å². The maximum absolute atomic E-state index is 6.17. The quantitative estimate of drug-likeness (QED) is 0.649. The van der Waals surface area contributed by atoms with E-state index in [1.807, 2.05) is 60.7 Å². The topological polar surface area (TPSA) is 0 Å². The predicted octanol–water partition coefficient (Wildman–Crippen LogP) is 4.88. The molecule has 0 aliphatic heterocycles. The van der Waals surface area contributed by atoms with E-state index >= 15 is 0 Å². The fraction of sp³-hybridized carbons (Fsp3) is 0. The zero-order valence-corrected chi connectivity index (χ0v) is 11.0. The molecule has 0 fully saturated rings. The van der Waals surface area contributed by atoms with Gasteiger partial charge in [0.2, 0.25) is 0 Å². The van der Waals surface area contributed by atoms with Gasteiger partial charge in [-0.1, -0.05) is 77.7 Å². The molecule has 2 aromatic rings. The van der Waals surface area contributed by atoms with Crippen molar-refractivity contribution >= 4 is 28.2 Å². The van der Waals surface area contributed by atoms with Gasteiger partial charge in [0, 0.05) is 5.56 Å². The van der Waals surface area contributed by atoms with Crippen molar-refractivity contribution in [2.24, 2.45) is 0 Å². The molecular formula is C16H10Cl2. The van der Waals surface area contributed by atoms with Crippen molar-refractivity contribution in [1.29, 1.82) is 0 Å². The minimum absolute atomic E-state index is 0.353. The van der Waals surface area contributed by atoms with Gasteiger partial charge in [-0.15, -0.1) is 0 Å². The minimum Gasteiger partial charge on any atom is -0.0813 e. The van der Waals surface area contributed by atoms with Crippen LogP contribution in [0.2, 0.25) is 0 Å². The highest BCUT2D eigenvalue weighted by atomic mass is 35.5. The van der Waals surface area contributed by atoms with Gasteiger partial charge in [-0.2, -0.15) is 0 Å². The van der Waals surface area contributed by atoms with Crippen LogP contribution in [-0.4, -0.2) is 0 Å². The zero-order chi connectivity index (χ0) is 12.8. The molecule has 88 valence electrons. The van der Waals surface area contributed by atoms with Gasteiger partial charge in [0.05, 0.1) is 5.03 Å². The Hall–Kier alpha value is -1.68. The molecule has 0 spiro atoms. The van der Waals surface area contributed by atoms with E-state index in [9.17, 15) is 0 Å². The Labute approximate surface area is 117 Å². The molecule has 0 aliphatic carbocycles. The van der Waals surface area contributed by atoms with Gasteiger partial charge < -0.3 is 0 Å². The molecule has 0 bridgehead atoms. The molecule has 2 rings (SSSR count). The van der Waals surface area contributed by atoms with E-state index in [0.717, 1.165) is 11.1 Å². The molecule has 0 radical (unpaired) electrons. The average Bonchev–Trinajstić information content (AvgIpc) is 2.46. The lowest BCUT2D eigenvalue weighted by molar-refractivity contribution is 1.64. The first-order valence-electron chi connectivity index (χ1n) is 5.45. The van der Waals surface area contributed by atoms with Crippen LogP contribution in [0.3, 0.4) is 0 Å². The second-order valence-corrected chi connectivity index (χ2v) is 4.37. The van der Waals surface area contributed by atoms with Gasteiger partial charge in [-0.3, -0.25) is 0 Å². The van der Waals surface area contributed by atoms with Crippen LogP contribution in [0.1, 0.15) is 11.1 Å². The highest BCUT2D eigenvalue weighted by molar-refractivity contribution is 6.55. The molecule has 0 nitrogen and oxygen atoms in total. The number of allylic oxidation sites excluding steroid dienone is 1. The third kappa shape index (κ3) is 3.40. The number of halogens is 2. The summed E-state index contributed by atoms with van der Waals surface area (Å²) in [5.74, 6) is 5.83. The summed E-state index contributed by atoms with van der Waals surface area (Å²) in [6.45, 7) is 0. The summed E-state index contributed by atoms with van der Waals surface area (Å²) in [5, 5.41) is 0.826. The molecule has 0 saturated heterocycles. The van der Waals surface area contributed by atoms with Crippen LogP contribution in [-0.2, 0) is 0 Å². The van der Waals surface area contributed by atoms with Crippen molar-refractivity contribution in [3.8, 4) is 11.8 Å². The Bertz CT molecular complexity index is 602. The lowest BCUT2D eigenvalue weighted by Crippen LogP contribution is -1.79. The van der Waals surface area contributed by atoms with E-state index in [1.165, 1.54) is 0 Å². The lowest BCUT2D eigenvalue weighted by atomic mass is 10.2. The molecule has 0 saturated carbocycles. The Morgan fingerprint density at radius 3 is 1.94 bits per heavy atom. The number of hydrogen-bond acceptors (Lipinski definition) is 0. The molecule has 2 aromatic carbocycles. The van der Waals surface area contributed by atoms with Crippen LogP contribution in [0.4, 0.5) is 0 Å². The van der Waals surface area contributed by atoms with Crippen molar-refractivity contribution in [2.45, 2.75) is 0 Å². The normalized spacial score (nSPS) is 11.2. The second kappa shape index (κ2) is 6.31. The summed E-state index contributed by atoms with van der Waals surface area (Å²) < 4.78 is 0. The van der Waals surface area contributed by atoms with Gasteiger partial charge >= 0.3 is 0 Å². The minimum atomic E-state index is 0.353. The number of rotatable bonds is 1. The van der Waals surface area contributed by atoms with E-state index in [4.69, 9.17) is 23.2 Å². The van der Waals surface area contributed by atoms with Gasteiger partial charge in [0.1, 0.15) is 5.03 Å². The first kappa shape index (κ1) is 12.8. The summed E-state index contributed by atoms with van der Waals surface area (Å²) in [6.07, 6.45) is 0. The zero-order valence-electron chi connectivity index (χ0n) is 9.53. The van der Waals surface area contributed by atoms with E-state index in [1.54, 1.807) is 0 Å². The molecular weight excluding hydrogens is 263 g/mol. The molecule has 18 heavy (non-hydrogen) atoms. The molecule has 0 amide bonds. The lowest BCUT2D eigenvalue weighted by Gasteiger charge is -1.98. The van der Waals surface area contributed by atoms with Crippen LogP contribution >= 0.6 is 23.2 Å². The van der Waals surface area contributed by atoms with Crippen molar-refractivity contribution in [3.63, 3.8) is 0 Å². The average molecular weight is 273 g/mol. The van der Waals surface area contributed by atoms with Crippen molar-refractivity contribution in [3.05, 3.63) is 76.8 Å². The fourth-order valence-electron chi connectivity index (χ4n) is 1.41. The summed E-state index contributed by atoms with van der Waals surface area (Å²) >= 11 is 12.3. The summed E-state index contributed by atoms with van der Waals surface area (Å²) in [4.78, 5) is 0. The summed E-state index contributed by atoms with van der Waals surface area (Å²) in [6, 6.07) is 19.2. The van der Waals surface area contributed by atoms with Gasteiger partial charge in [0.25, 0.3) is 0 Å². The van der Waals surface area contributed by atoms with Crippen LogP contribution in [0, 0.1) is 11.8 Å². The van der Waals surface area contributed by atoms with Crippen molar-refractivity contribution < 1.29 is 0 Å². The molecule has 0 aromatic heterocycles. The third-order valence-electron chi connectivity index (χ3n) is 2.31. The molecule has 2 heteroatoms. The van der Waals surface area contributed by atoms with E-state index in [0.29, 0.717) is 10.1 Å². The Balaban J connectivity index is 2.27. The van der Waals surface area contributed by atoms with E-state index in [-0.39, 0.29) is 0 Å². The molecule has 0 N–H and O–H groups in total. The maximum Gasteiger partial charge on any atom is 0.110 e. The number of benzene rings is 2. The van der Waals surface area contributed by atoms with Crippen LogP contribution in [0.5, 0.6) is 0 Å². The Morgan fingerprint density at radius 2 is 1.33 bits per heavy atom. The maximum atomic E-state index is 6.17. The molecule has 0 aliphatic rings. The molecule has 0 heterocycles. The van der Waals surface area contributed by atoms with Gasteiger partial charge in [-0.05, 0) is 23.6 Å². The largest absolute Gasteiger partial charge is 0.110 e. The third-order valence-corrected chi connectivity index (χ3v) is 3.10. The summed E-state index contributed by atoms with van der Waals surface area (Å²) in [7, 11) is 0. The highest BCUT2D eigenvalue weighted by Gasteiger charge is 2.01. The van der Waals surface area contributed by atoms with E-state index in [2.05, 4.69) is 11.8 Å². The van der Waals surface area contributed by atoms with Crippen molar-refractivity contribution in [2.75, 3.05) is 0 Å². The Morgan fingerprint density at radius 1 is 0.778 bits per heavy atom. The number of hydrogen-bond donors (Lipinski definition) is 0. The Kier molecular flexibility index (Phi) is 4.47. The summed E-state index contributed by atoms with van der Waals surface area (Å²) in [5.41, 5.74) is 1.78. The van der Waals surface area contributed by atoms with E-state index < -0.39 is 0 Å². The van der Waals surface area contributed by atoms with Crippen LogP contribution in [0.15, 0.2) is 65.7 Å². The first-order chi connectivity index (χ1) is 8.77. The van der Waals surface area contributed by atoms with Crippen molar-refractivity contribution in [1.82, 2.24) is 0 Å².